The Balaban J connectivity index is 2.02. The highest BCUT2D eigenvalue weighted by molar-refractivity contribution is 5.83. The molecule has 2 aromatic rings. The molecule has 3 heteroatoms. The van der Waals surface area contributed by atoms with E-state index in [0.717, 1.165) is 36.1 Å². The predicted octanol–water partition coefficient (Wildman–Crippen LogP) is 3.24. The van der Waals surface area contributed by atoms with Crippen molar-refractivity contribution in [1.29, 1.82) is 0 Å². The van der Waals surface area contributed by atoms with E-state index in [2.05, 4.69) is 19.2 Å². The highest BCUT2D eigenvalue weighted by Crippen LogP contribution is 2.32. The van der Waals surface area contributed by atoms with E-state index in [4.69, 9.17) is 4.42 Å². The molecule has 2 heterocycles. The molecular weight excluding hydrogens is 238 g/mol. The zero-order valence-corrected chi connectivity index (χ0v) is 11.6. The Bertz CT molecular complexity index is 588. The zero-order valence-electron chi connectivity index (χ0n) is 11.6. The van der Waals surface area contributed by atoms with E-state index in [1.807, 2.05) is 12.1 Å². The fraction of sp³-hybridized carbons (Fsp3) is 0.500. The van der Waals surface area contributed by atoms with E-state index in [1.165, 1.54) is 12.0 Å². The minimum absolute atomic E-state index is 0.312. The van der Waals surface area contributed by atoms with Crippen molar-refractivity contribution in [1.82, 2.24) is 5.32 Å². The summed E-state index contributed by atoms with van der Waals surface area (Å²) in [6.07, 6.45) is 3.09. The van der Waals surface area contributed by atoms with Crippen LogP contribution < -0.4 is 5.32 Å². The Morgan fingerprint density at radius 2 is 2.32 bits per heavy atom. The first-order chi connectivity index (χ1) is 9.19. The normalized spacial score (nSPS) is 21.1. The van der Waals surface area contributed by atoms with Gasteiger partial charge in [0.05, 0.1) is 0 Å². The smallest absolute Gasteiger partial charge is 0.134 e. The average molecular weight is 259 g/mol. The van der Waals surface area contributed by atoms with Crippen LogP contribution in [0.4, 0.5) is 0 Å². The predicted molar refractivity (Wildman–Crippen MR) is 76.5 cm³/mol. The number of hydrogen-bond acceptors (Lipinski definition) is 3. The van der Waals surface area contributed by atoms with Crippen molar-refractivity contribution in [2.45, 2.75) is 39.2 Å². The number of furan rings is 1. The Hall–Kier alpha value is -1.48. The van der Waals surface area contributed by atoms with Crippen LogP contribution >= 0.6 is 0 Å². The number of fused-ring (bicyclic) bond motifs is 3. The first kappa shape index (κ1) is 12.5. The highest BCUT2D eigenvalue weighted by atomic mass is 16.3. The van der Waals surface area contributed by atoms with Gasteiger partial charge in [-0.3, -0.25) is 0 Å². The first-order valence-electron chi connectivity index (χ1n) is 7.15. The van der Waals surface area contributed by atoms with Crippen LogP contribution in [0, 0.1) is 5.92 Å². The molecule has 0 bridgehead atoms. The van der Waals surface area contributed by atoms with Gasteiger partial charge >= 0.3 is 0 Å². The lowest BCUT2D eigenvalue weighted by molar-refractivity contribution is 0.357. The molecular formula is C16H21NO2. The summed E-state index contributed by atoms with van der Waals surface area (Å²) in [4.78, 5) is 0. The molecule has 3 nitrogen and oxygen atoms in total. The second-order valence-electron chi connectivity index (χ2n) is 5.58. The molecule has 2 unspecified atom stereocenters. The van der Waals surface area contributed by atoms with Crippen LogP contribution in [0.3, 0.4) is 0 Å². The second-order valence-corrected chi connectivity index (χ2v) is 5.58. The Labute approximate surface area is 113 Å². The van der Waals surface area contributed by atoms with Gasteiger partial charge in [-0.25, -0.2) is 0 Å². The molecule has 1 aromatic heterocycles. The Kier molecular flexibility index (Phi) is 3.23. The Morgan fingerprint density at radius 1 is 1.47 bits per heavy atom. The molecule has 3 rings (SSSR count). The van der Waals surface area contributed by atoms with E-state index in [0.29, 0.717) is 17.7 Å². The maximum Gasteiger partial charge on any atom is 0.134 e. The van der Waals surface area contributed by atoms with Gasteiger partial charge < -0.3 is 14.8 Å². The van der Waals surface area contributed by atoms with Gasteiger partial charge in [-0.2, -0.15) is 0 Å². The van der Waals surface area contributed by atoms with E-state index in [-0.39, 0.29) is 0 Å². The molecule has 1 aliphatic heterocycles. The van der Waals surface area contributed by atoms with Crippen LogP contribution in [0.1, 0.15) is 31.6 Å². The summed E-state index contributed by atoms with van der Waals surface area (Å²) in [6, 6.07) is 5.86. The number of phenolic OH excluding ortho intramolecular Hbond substituents is 1. The molecule has 2 atom stereocenters. The molecule has 2 N–H and O–H groups in total. The number of phenols is 1. The average Bonchev–Trinajstić information content (AvgIpc) is 2.61. The molecule has 0 radical (unpaired) electrons. The second kappa shape index (κ2) is 4.89. The van der Waals surface area contributed by atoms with Crippen LogP contribution in [0.5, 0.6) is 5.75 Å². The fourth-order valence-electron chi connectivity index (χ4n) is 2.97. The number of hydrogen-bond donors (Lipinski definition) is 2. The first-order valence-corrected chi connectivity index (χ1v) is 7.15. The van der Waals surface area contributed by atoms with Gasteiger partial charge in [0.15, 0.2) is 0 Å². The summed E-state index contributed by atoms with van der Waals surface area (Å²) in [5.74, 6) is 2.05. The van der Waals surface area contributed by atoms with Crippen LogP contribution in [0.25, 0.3) is 11.0 Å². The summed E-state index contributed by atoms with van der Waals surface area (Å²) in [7, 11) is 0. The van der Waals surface area contributed by atoms with Crippen molar-refractivity contribution >= 4 is 11.0 Å². The lowest BCUT2D eigenvalue weighted by Crippen LogP contribution is -2.36. The lowest BCUT2D eigenvalue weighted by Gasteiger charge is -2.21. The number of benzene rings is 1. The molecule has 1 aromatic carbocycles. The van der Waals surface area contributed by atoms with Crippen LogP contribution in [0.2, 0.25) is 0 Å². The van der Waals surface area contributed by atoms with Crippen molar-refractivity contribution in [3.63, 3.8) is 0 Å². The highest BCUT2D eigenvalue weighted by Gasteiger charge is 2.24. The van der Waals surface area contributed by atoms with Crippen LogP contribution in [0.15, 0.2) is 22.6 Å². The molecule has 19 heavy (non-hydrogen) atoms. The molecule has 0 saturated carbocycles. The number of nitrogens with one attached hydrogen (secondary N) is 1. The van der Waals surface area contributed by atoms with Crippen LogP contribution in [-0.4, -0.2) is 17.7 Å². The summed E-state index contributed by atoms with van der Waals surface area (Å²) in [5.41, 5.74) is 2.16. The van der Waals surface area contributed by atoms with E-state index in [1.54, 1.807) is 6.07 Å². The third-order valence-electron chi connectivity index (χ3n) is 4.38. The maximum absolute atomic E-state index is 9.64. The van der Waals surface area contributed by atoms with Gasteiger partial charge in [-0.05, 0) is 37.1 Å². The zero-order chi connectivity index (χ0) is 13.4. The summed E-state index contributed by atoms with van der Waals surface area (Å²) in [5, 5.41) is 14.3. The molecule has 0 amide bonds. The van der Waals surface area contributed by atoms with Crippen molar-refractivity contribution in [2.24, 2.45) is 5.92 Å². The Morgan fingerprint density at radius 3 is 3.11 bits per heavy atom. The summed E-state index contributed by atoms with van der Waals surface area (Å²) < 4.78 is 6.00. The van der Waals surface area contributed by atoms with Gasteiger partial charge in [0, 0.05) is 23.4 Å². The van der Waals surface area contributed by atoms with Crippen LogP contribution in [-0.2, 0) is 12.8 Å². The largest absolute Gasteiger partial charge is 0.508 e. The minimum atomic E-state index is 0.312. The van der Waals surface area contributed by atoms with Crippen molar-refractivity contribution in [3.8, 4) is 5.75 Å². The van der Waals surface area contributed by atoms with E-state index in [9.17, 15) is 5.11 Å². The molecule has 0 saturated heterocycles. The number of rotatable bonds is 2. The van der Waals surface area contributed by atoms with Crippen molar-refractivity contribution < 1.29 is 9.52 Å². The van der Waals surface area contributed by atoms with Gasteiger partial charge in [0.2, 0.25) is 0 Å². The molecule has 0 aliphatic carbocycles. The lowest BCUT2D eigenvalue weighted by atomic mass is 9.95. The van der Waals surface area contributed by atoms with Gasteiger partial charge in [-0.1, -0.05) is 20.3 Å². The molecule has 102 valence electrons. The minimum Gasteiger partial charge on any atom is -0.508 e. The quantitative estimate of drug-likeness (QED) is 0.870. The van der Waals surface area contributed by atoms with E-state index >= 15 is 0 Å². The number of aromatic hydroxyl groups is 1. The third kappa shape index (κ3) is 2.23. The monoisotopic (exact) mass is 259 g/mol. The van der Waals surface area contributed by atoms with Gasteiger partial charge in [0.25, 0.3) is 0 Å². The SMILES string of the molecule is CCC(C)C1Cc2oc3ccc(O)cc3c2CCN1. The molecule has 0 spiro atoms. The van der Waals surface area contributed by atoms with Gasteiger partial charge in [-0.15, -0.1) is 0 Å². The van der Waals surface area contributed by atoms with Gasteiger partial charge in [0.1, 0.15) is 17.1 Å². The molecule has 0 fully saturated rings. The van der Waals surface area contributed by atoms with E-state index < -0.39 is 0 Å². The topological polar surface area (TPSA) is 45.4 Å². The van der Waals surface area contributed by atoms with Crippen molar-refractivity contribution in [3.05, 3.63) is 29.5 Å². The standard InChI is InChI=1S/C16H21NO2/c1-3-10(2)14-9-16-12(6-7-17-14)13-8-11(18)4-5-15(13)19-16/h4-5,8,10,14,17-18H,3,6-7,9H2,1-2H3. The summed E-state index contributed by atoms with van der Waals surface area (Å²) >= 11 is 0. The summed E-state index contributed by atoms with van der Waals surface area (Å²) in [6.45, 7) is 5.50. The molecule has 1 aliphatic rings. The third-order valence-corrected chi connectivity index (χ3v) is 4.38. The maximum atomic E-state index is 9.64. The fourth-order valence-corrected chi connectivity index (χ4v) is 2.97. The van der Waals surface area contributed by atoms with Crippen molar-refractivity contribution in [2.75, 3.05) is 6.54 Å².